The van der Waals surface area contributed by atoms with E-state index in [2.05, 4.69) is 0 Å². The minimum Gasteiger partial charge on any atom is -0.457 e. The first kappa shape index (κ1) is 16.2. The lowest BCUT2D eigenvalue weighted by molar-refractivity contribution is -0.137. The Labute approximate surface area is 126 Å². The number of hydrogen-bond acceptors (Lipinski definition) is 3. The first-order chi connectivity index (χ1) is 10.1. The Bertz CT molecular complexity index is 676. The SMILES string of the molecule is CC(C)(O)c1cc(Oc2cccc(C(F)(F)F)c2)ccc1N. The normalized spacial score (nSPS) is 12.3. The lowest BCUT2D eigenvalue weighted by Gasteiger charge is -2.21. The summed E-state index contributed by atoms with van der Waals surface area (Å²) < 4.78 is 43.5. The number of nitrogen functional groups attached to an aromatic ring is 1. The molecule has 0 unspecified atom stereocenters. The second-order valence-corrected chi connectivity index (χ2v) is 5.44. The third kappa shape index (κ3) is 3.71. The van der Waals surface area contributed by atoms with Crippen LogP contribution in [0.15, 0.2) is 42.5 Å². The second kappa shape index (κ2) is 5.53. The molecule has 118 valence electrons. The summed E-state index contributed by atoms with van der Waals surface area (Å²) in [6.07, 6.45) is -4.43. The van der Waals surface area contributed by atoms with Gasteiger partial charge >= 0.3 is 6.18 Å². The fourth-order valence-electron chi connectivity index (χ4n) is 2.00. The molecule has 0 spiro atoms. The maximum absolute atomic E-state index is 12.7. The molecule has 0 amide bonds. The molecule has 0 aliphatic carbocycles. The van der Waals surface area contributed by atoms with Crippen LogP contribution < -0.4 is 10.5 Å². The van der Waals surface area contributed by atoms with Crippen LogP contribution in [0.3, 0.4) is 0 Å². The zero-order valence-corrected chi connectivity index (χ0v) is 12.1. The maximum Gasteiger partial charge on any atom is 0.416 e. The van der Waals surface area contributed by atoms with Gasteiger partial charge in [0.25, 0.3) is 0 Å². The first-order valence-corrected chi connectivity index (χ1v) is 6.55. The number of alkyl halides is 3. The highest BCUT2D eigenvalue weighted by molar-refractivity contribution is 5.53. The maximum atomic E-state index is 12.7. The molecule has 6 heteroatoms. The van der Waals surface area contributed by atoms with E-state index in [9.17, 15) is 18.3 Å². The van der Waals surface area contributed by atoms with Crippen molar-refractivity contribution in [3.05, 3.63) is 53.6 Å². The van der Waals surface area contributed by atoms with E-state index in [1.807, 2.05) is 0 Å². The van der Waals surface area contributed by atoms with Crippen LogP contribution in [-0.4, -0.2) is 5.11 Å². The van der Waals surface area contributed by atoms with Gasteiger partial charge in [-0.3, -0.25) is 0 Å². The number of ether oxygens (including phenoxy) is 1. The van der Waals surface area contributed by atoms with E-state index in [-0.39, 0.29) is 5.75 Å². The van der Waals surface area contributed by atoms with E-state index < -0.39 is 17.3 Å². The van der Waals surface area contributed by atoms with Gasteiger partial charge in [-0.2, -0.15) is 13.2 Å². The number of halogens is 3. The summed E-state index contributed by atoms with van der Waals surface area (Å²) in [5.41, 5.74) is 4.63. The van der Waals surface area contributed by atoms with Gasteiger partial charge in [-0.1, -0.05) is 6.07 Å². The standard InChI is InChI=1S/C16H16F3NO2/c1-15(2,21)13-9-12(6-7-14(13)20)22-11-5-3-4-10(8-11)16(17,18)19/h3-9,21H,20H2,1-2H3. The Balaban J connectivity index is 2.32. The molecule has 22 heavy (non-hydrogen) atoms. The van der Waals surface area contributed by atoms with E-state index in [4.69, 9.17) is 10.5 Å². The fourth-order valence-corrected chi connectivity index (χ4v) is 2.00. The minimum atomic E-state index is -4.43. The molecule has 0 atom stereocenters. The highest BCUT2D eigenvalue weighted by Gasteiger charge is 2.30. The van der Waals surface area contributed by atoms with Gasteiger partial charge in [-0.15, -0.1) is 0 Å². The Hall–Kier alpha value is -2.21. The number of hydrogen-bond donors (Lipinski definition) is 2. The molecule has 2 aromatic carbocycles. The van der Waals surface area contributed by atoms with Crippen LogP contribution in [0.2, 0.25) is 0 Å². The minimum absolute atomic E-state index is 0.0568. The van der Waals surface area contributed by atoms with Crippen LogP contribution in [-0.2, 0) is 11.8 Å². The van der Waals surface area contributed by atoms with Crippen molar-refractivity contribution >= 4 is 5.69 Å². The smallest absolute Gasteiger partial charge is 0.416 e. The van der Waals surface area contributed by atoms with Crippen LogP contribution in [0, 0.1) is 0 Å². The van der Waals surface area contributed by atoms with E-state index >= 15 is 0 Å². The van der Waals surface area contributed by atoms with E-state index in [1.54, 1.807) is 13.8 Å². The van der Waals surface area contributed by atoms with Gasteiger partial charge in [0.15, 0.2) is 0 Å². The fraction of sp³-hybridized carbons (Fsp3) is 0.250. The molecule has 0 bridgehead atoms. The Morgan fingerprint density at radius 2 is 1.64 bits per heavy atom. The monoisotopic (exact) mass is 311 g/mol. The Morgan fingerprint density at radius 1 is 1.00 bits per heavy atom. The topological polar surface area (TPSA) is 55.5 Å². The molecule has 0 saturated carbocycles. The van der Waals surface area contributed by atoms with Gasteiger partial charge in [0.2, 0.25) is 0 Å². The summed E-state index contributed by atoms with van der Waals surface area (Å²) in [6, 6.07) is 9.16. The van der Waals surface area contributed by atoms with Crippen LogP contribution >= 0.6 is 0 Å². The average molecular weight is 311 g/mol. The Morgan fingerprint density at radius 3 is 2.23 bits per heavy atom. The van der Waals surface area contributed by atoms with E-state index in [0.29, 0.717) is 17.0 Å². The lowest BCUT2D eigenvalue weighted by atomic mass is 9.96. The molecule has 3 N–H and O–H groups in total. The predicted molar refractivity (Wildman–Crippen MR) is 77.6 cm³/mol. The third-order valence-electron chi connectivity index (χ3n) is 3.08. The van der Waals surface area contributed by atoms with Crippen LogP contribution in [0.4, 0.5) is 18.9 Å². The number of nitrogens with two attached hydrogens (primary N) is 1. The number of anilines is 1. The molecule has 3 nitrogen and oxygen atoms in total. The van der Waals surface area contributed by atoms with Crippen molar-refractivity contribution in [1.82, 2.24) is 0 Å². The summed E-state index contributed by atoms with van der Waals surface area (Å²) in [5, 5.41) is 10.0. The largest absolute Gasteiger partial charge is 0.457 e. The van der Waals surface area contributed by atoms with Crippen LogP contribution in [0.25, 0.3) is 0 Å². The third-order valence-corrected chi connectivity index (χ3v) is 3.08. The number of aliphatic hydroxyl groups is 1. The van der Waals surface area contributed by atoms with Crippen molar-refractivity contribution in [1.29, 1.82) is 0 Å². The molecule has 0 aliphatic rings. The lowest BCUT2D eigenvalue weighted by Crippen LogP contribution is -2.17. The van der Waals surface area contributed by atoms with Gasteiger partial charge in [-0.25, -0.2) is 0 Å². The van der Waals surface area contributed by atoms with Gasteiger partial charge in [-0.05, 0) is 50.2 Å². The van der Waals surface area contributed by atoms with Crippen molar-refractivity contribution in [3.8, 4) is 11.5 Å². The summed E-state index contributed by atoms with van der Waals surface area (Å²) in [6.45, 7) is 3.12. The van der Waals surface area contributed by atoms with Crippen molar-refractivity contribution in [3.63, 3.8) is 0 Å². The quantitative estimate of drug-likeness (QED) is 0.831. The highest BCUT2D eigenvalue weighted by Crippen LogP contribution is 2.34. The summed E-state index contributed by atoms with van der Waals surface area (Å²) in [7, 11) is 0. The molecule has 0 aliphatic heterocycles. The molecule has 0 radical (unpaired) electrons. The van der Waals surface area contributed by atoms with Crippen LogP contribution in [0.1, 0.15) is 25.0 Å². The summed E-state index contributed by atoms with van der Waals surface area (Å²) >= 11 is 0. The molecular weight excluding hydrogens is 295 g/mol. The number of rotatable bonds is 3. The molecule has 2 aromatic rings. The average Bonchev–Trinajstić information content (AvgIpc) is 2.39. The van der Waals surface area contributed by atoms with Gasteiger partial charge < -0.3 is 15.6 Å². The molecule has 0 saturated heterocycles. The van der Waals surface area contributed by atoms with Crippen molar-refractivity contribution in [2.75, 3.05) is 5.73 Å². The number of benzene rings is 2. The first-order valence-electron chi connectivity index (χ1n) is 6.55. The van der Waals surface area contributed by atoms with Gasteiger partial charge in [0, 0.05) is 11.3 Å². The van der Waals surface area contributed by atoms with Crippen LogP contribution in [0.5, 0.6) is 11.5 Å². The van der Waals surface area contributed by atoms with Gasteiger partial charge in [0.1, 0.15) is 11.5 Å². The Kier molecular flexibility index (Phi) is 4.06. The van der Waals surface area contributed by atoms with Crippen molar-refractivity contribution < 1.29 is 23.0 Å². The summed E-state index contributed by atoms with van der Waals surface area (Å²) in [4.78, 5) is 0. The second-order valence-electron chi connectivity index (χ2n) is 5.44. The zero-order chi connectivity index (χ0) is 16.5. The molecule has 2 rings (SSSR count). The highest BCUT2D eigenvalue weighted by atomic mass is 19.4. The zero-order valence-electron chi connectivity index (χ0n) is 12.1. The van der Waals surface area contributed by atoms with E-state index in [1.165, 1.54) is 30.3 Å². The predicted octanol–water partition coefficient (Wildman–Crippen LogP) is 4.31. The summed E-state index contributed by atoms with van der Waals surface area (Å²) in [5.74, 6) is 0.354. The van der Waals surface area contributed by atoms with Crippen molar-refractivity contribution in [2.24, 2.45) is 0 Å². The molecular formula is C16H16F3NO2. The van der Waals surface area contributed by atoms with Crippen molar-refractivity contribution in [2.45, 2.75) is 25.6 Å². The molecule has 0 aromatic heterocycles. The molecule has 0 heterocycles. The van der Waals surface area contributed by atoms with E-state index in [0.717, 1.165) is 12.1 Å². The molecule has 0 fully saturated rings. The van der Waals surface area contributed by atoms with Gasteiger partial charge in [0.05, 0.1) is 11.2 Å².